The molecule has 3 aliphatic carbocycles. The van der Waals surface area contributed by atoms with Crippen LogP contribution in [0.15, 0.2) is 103 Å². The van der Waals surface area contributed by atoms with Gasteiger partial charge in [-0.05, 0) is 130 Å². The molecule has 262 valence electrons. The molecule has 6 nitrogen and oxygen atoms in total. The zero-order chi connectivity index (χ0) is 34.5. The molecule has 0 bridgehead atoms. The van der Waals surface area contributed by atoms with Gasteiger partial charge in [0.05, 0.1) is 12.7 Å². The number of aryl methyl sites for hydroxylation is 1. The lowest BCUT2D eigenvalue weighted by molar-refractivity contribution is -0.116. The van der Waals surface area contributed by atoms with E-state index in [2.05, 4.69) is 89.9 Å². The van der Waals surface area contributed by atoms with Gasteiger partial charge < -0.3 is 24.4 Å². The fourth-order valence-electron chi connectivity index (χ4n) is 9.12. The second-order valence-electron chi connectivity index (χ2n) is 15.2. The van der Waals surface area contributed by atoms with Crippen LogP contribution in [0.2, 0.25) is 0 Å². The number of carbonyl (C=O) groups excluding carboxylic acids is 1. The summed E-state index contributed by atoms with van der Waals surface area (Å²) in [6.07, 6.45) is 6.96. The highest BCUT2D eigenvalue weighted by Gasteiger charge is 2.59. The summed E-state index contributed by atoms with van der Waals surface area (Å²) < 4.78 is 20.1. The SMILES string of the molecule is CN(C)CCCC(=O)Nc1ccc(O[C@H]2C[C@]3(C)[C@@H](OCc4ccccc4)CC[C@H]3[C@@H]3CCc4cc(OCc5ccccc5)ccc4[C@H]32)cc1. The van der Waals surface area contributed by atoms with E-state index < -0.39 is 0 Å². The van der Waals surface area contributed by atoms with Gasteiger partial charge in [0.2, 0.25) is 5.91 Å². The predicted octanol–water partition coefficient (Wildman–Crippen LogP) is 9.04. The monoisotopic (exact) mass is 672 g/mol. The second kappa shape index (κ2) is 15.4. The molecular weight excluding hydrogens is 620 g/mol. The van der Waals surface area contributed by atoms with Gasteiger partial charge >= 0.3 is 0 Å². The van der Waals surface area contributed by atoms with Gasteiger partial charge in [0.15, 0.2) is 0 Å². The van der Waals surface area contributed by atoms with Crippen LogP contribution in [0.5, 0.6) is 11.5 Å². The number of benzene rings is 4. The molecule has 6 heteroatoms. The highest BCUT2D eigenvalue weighted by Crippen LogP contribution is 2.62. The molecule has 7 rings (SSSR count). The molecule has 4 aromatic carbocycles. The van der Waals surface area contributed by atoms with E-state index in [4.69, 9.17) is 14.2 Å². The number of carbonyl (C=O) groups is 1. The zero-order valence-corrected chi connectivity index (χ0v) is 29.9. The number of amides is 1. The minimum absolute atomic E-state index is 0.00351. The summed E-state index contributed by atoms with van der Waals surface area (Å²) in [7, 11) is 4.06. The Bertz CT molecular complexity index is 1710. The van der Waals surface area contributed by atoms with Crippen LogP contribution in [-0.4, -0.2) is 43.7 Å². The van der Waals surface area contributed by atoms with Gasteiger partial charge in [0, 0.05) is 23.4 Å². The first-order valence-electron chi connectivity index (χ1n) is 18.5. The lowest BCUT2D eigenvalue weighted by Crippen LogP contribution is -2.52. The van der Waals surface area contributed by atoms with Gasteiger partial charge in [-0.3, -0.25) is 4.79 Å². The Hall–Kier alpha value is -4.13. The number of hydrogen-bond acceptors (Lipinski definition) is 5. The summed E-state index contributed by atoms with van der Waals surface area (Å²) in [5, 5.41) is 3.06. The molecule has 3 aliphatic rings. The maximum atomic E-state index is 12.5. The van der Waals surface area contributed by atoms with Gasteiger partial charge in [-0.25, -0.2) is 0 Å². The molecule has 0 unspecified atom stereocenters. The van der Waals surface area contributed by atoms with Crippen molar-refractivity contribution < 1.29 is 19.0 Å². The first-order valence-corrected chi connectivity index (χ1v) is 18.5. The molecule has 0 heterocycles. The molecule has 0 radical (unpaired) electrons. The van der Waals surface area contributed by atoms with Crippen molar-refractivity contribution in [2.45, 2.75) is 83.2 Å². The number of rotatable bonds is 13. The maximum Gasteiger partial charge on any atom is 0.224 e. The Labute approximate surface area is 298 Å². The molecule has 2 saturated carbocycles. The van der Waals surface area contributed by atoms with Gasteiger partial charge in [0.25, 0.3) is 0 Å². The van der Waals surface area contributed by atoms with Crippen molar-refractivity contribution in [3.63, 3.8) is 0 Å². The summed E-state index contributed by atoms with van der Waals surface area (Å²) >= 11 is 0. The minimum atomic E-state index is 0.00351. The van der Waals surface area contributed by atoms with Crippen LogP contribution in [0.25, 0.3) is 0 Å². The van der Waals surface area contributed by atoms with E-state index in [1.807, 2.05) is 44.4 Å². The molecule has 6 atom stereocenters. The van der Waals surface area contributed by atoms with Gasteiger partial charge in [-0.1, -0.05) is 73.7 Å². The molecule has 1 amide bonds. The van der Waals surface area contributed by atoms with Crippen molar-refractivity contribution in [3.8, 4) is 11.5 Å². The lowest BCUT2D eigenvalue weighted by atomic mass is 9.54. The lowest BCUT2D eigenvalue weighted by Gasteiger charge is -2.53. The fraction of sp³-hybridized carbons (Fsp3) is 0.432. The Morgan fingerprint density at radius 3 is 2.26 bits per heavy atom. The zero-order valence-electron chi connectivity index (χ0n) is 29.9. The largest absolute Gasteiger partial charge is 0.490 e. The molecule has 0 aliphatic heterocycles. The van der Waals surface area contributed by atoms with E-state index in [1.165, 1.54) is 28.7 Å². The van der Waals surface area contributed by atoms with E-state index in [9.17, 15) is 4.79 Å². The Morgan fingerprint density at radius 1 is 0.840 bits per heavy atom. The summed E-state index contributed by atoms with van der Waals surface area (Å²) in [5.41, 5.74) is 6.02. The van der Waals surface area contributed by atoms with E-state index >= 15 is 0 Å². The van der Waals surface area contributed by atoms with Crippen molar-refractivity contribution in [3.05, 3.63) is 125 Å². The first kappa shape index (κ1) is 34.3. The van der Waals surface area contributed by atoms with E-state index in [0.717, 1.165) is 55.8 Å². The average molecular weight is 673 g/mol. The molecule has 0 spiro atoms. The van der Waals surface area contributed by atoms with E-state index in [1.54, 1.807) is 0 Å². The number of nitrogens with zero attached hydrogens (tertiary/aromatic N) is 1. The first-order chi connectivity index (χ1) is 24.4. The van der Waals surface area contributed by atoms with Crippen molar-refractivity contribution in [2.24, 2.45) is 17.3 Å². The quantitative estimate of drug-likeness (QED) is 0.154. The van der Waals surface area contributed by atoms with Gasteiger partial charge in [0.1, 0.15) is 24.2 Å². The van der Waals surface area contributed by atoms with Crippen LogP contribution < -0.4 is 14.8 Å². The average Bonchev–Trinajstić information content (AvgIpc) is 3.46. The van der Waals surface area contributed by atoms with Gasteiger partial charge in [-0.15, -0.1) is 0 Å². The predicted molar refractivity (Wildman–Crippen MR) is 200 cm³/mol. The molecule has 50 heavy (non-hydrogen) atoms. The number of fused-ring (bicyclic) bond motifs is 5. The number of nitrogens with one attached hydrogen (secondary N) is 1. The fourth-order valence-corrected chi connectivity index (χ4v) is 9.12. The molecule has 2 fully saturated rings. The third kappa shape index (κ3) is 7.77. The van der Waals surface area contributed by atoms with Crippen LogP contribution in [-0.2, 0) is 29.2 Å². The molecular formula is C44H52N2O4. The second-order valence-corrected chi connectivity index (χ2v) is 15.2. The van der Waals surface area contributed by atoms with E-state index in [0.29, 0.717) is 37.4 Å². The maximum absolute atomic E-state index is 12.5. The molecule has 0 saturated heterocycles. The van der Waals surface area contributed by atoms with Crippen molar-refractivity contribution in [1.82, 2.24) is 4.90 Å². The normalized spacial score (nSPS) is 25.3. The highest BCUT2D eigenvalue weighted by atomic mass is 16.5. The number of hydrogen-bond donors (Lipinski definition) is 1. The Morgan fingerprint density at radius 2 is 1.54 bits per heavy atom. The van der Waals surface area contributed by atoms with Crippen LogP contribution in [0, 0.1) is 17.3 Å². The standard InChI is InChI=1S/C44H52N2O4/c1-44-28-40(50-35-19-17-34(18-20-35)45-42(47)15-10-26-46(2)3)43-37-23-21-36(48-29-31-11-6-4-7-12-31)27-33(37)16-22-38(43)39(44)24-25-41(44)49-30-32-13-8-5-9-14-32/h4-9,11-14,17-21,23,27,38-41,43H,10,15-16,22,24-26,28-30H2,1-3H3,(H,45,47)/t38-,39-,40-,41-,43+,44-/m0/s1. The summed E-state index contributed by atoms with van der Waals surface area (Å²) in [6, 6.07) is 35.6. The van der Waals surface area contributed by atoms with Crippen LogP contribution in [0.1, 0.15) is 73.6 Å². The van der Waals surface area contributed by atoms with Crippen LogP contribution in [0.3, 0.4) is 0 Å². The third-order valence-corrected chi connectivity index (χ3v) is 11.5. The van der Waals surface area contributed by atoms with E-state index in [-0.39, 0.29) is 23.5 Å². The summed E-state index contributed by atoms with van der Waals surface area (Å²) in [4.78, 5) is 14.6. The molecule has 4 aromatic rings. The summed E-state index contributed by atoms with van der Waals surface area (Å²) in [6.45, 7) is 4.57. The highest BCUT2D eigenvalue weighted by molar-refractivity contribution is 5.90. The van der Waals surface area contributed by atoms with Crippen molar-refractivity contribution in [1.29, 1.82) is 0 Å². The van der Waals surface area contributed by atoms with Crippen LogP contribution in [0.4, 0.5) is 5.69 Å². The van der Waals surface area contributed by atoms with Crippen molar-refractivity contribution in [2.75, 3.05) is 26.0 Å². The summed E-state index contributed by atoms with van der Waals surface area (Å²) in [5.74, 6) is 3.22. The van der Waals surface area contributed by atoms with Gasteiger partial charge in [-0.2, -0.15) is 0 Å². The molecule has 0 aromatic heterocycles. The third-order valence-electron chi connectivity index (χ3n) is 11.5. The van der Waals surface area contributed by atoms with Crippen LogP contribution >= 0.6 is 0 Å². The number of ether oxygens (including phenoxy) is 3. The molecule has 1 N–H and O–H groups in total. The number of anilines is 1. The van der Waals surface area contributed by atoms with Crippen molar-refractivity contribution >= 4 is 11.6 Å². The minimum Gasteiger partial charge on any atom is -0.490 e. The Balaban J connectivity index is 1.11. The topological polar surface area (TPSA) is 60.0 Å². The Kier molecular flexibility index (Phi) is 10.6. The smallest absolute Gasteiger partial charge is 0.224 e.